The van der Waals surface area contributed by atoms with Crippen molar-refractivity contribution in [3.8, 4) is 0 Å². The number of rotatable bonds is 40. The van der Waals surface area contributed by atoms with Gasteiger partial charge in [-0.1, -0.05) is 161 Å². The van der Waals surface area contributed by atoms with Crippen LogP contribution in [0, 0.1) is 0 Å². The van der Waals surface area contributed by atoms with Gasteiger partial charge < -0.3 is 27.9 Å². The molecule has 0 bridgehead atoms. The van der Waals surface area contributed by atoms with Gasteiger partial charge in [-0.3, -0.25) is 14.2 Å². The fourth-order valence-corrected chi connectivity index (χ4v) is 6.79. The summed E-state index contributed by atoms with van der Waals surface area (Å²) in [6.07, 6.45) is 36.6. The van der Waals surface area contributed by atoms with Crippen LogP contribution in [0.5, 0.6) is 0 Å². The van der Waals surface area contributed by atoms with Crippen LogP contribution in [0.4, 0.5) is 0 Å². The molecule has 0 spiro atoms. The highest BCUT2D eigenvalue weighted by Gasteiger charge is 2.21. The van der Waals surface area contributed by atoms with Crippen LogP contribution >= 0.6 is 7.82 Å². The Kier molecular flexibility index (Phi) is 35.5. The SMILES string of the molecule is CCCCCCCC/C=C/CCCCCC(=O)OC[C@H](COP(=O)([O-])OCC[N+](C)(C)C)OC(=O)CCCCCCCCCCCCCCCCCC. The largest absolute Gasteiger partial charge is 0.756 e. The van der Waals surface area contributed by atoms with E-state index in [-0.39, 0.29) is 26.1 Å². The molecule has 0 radical (unpaired) electrons. The Morgan fingerprint density at radius 1 is 0.566 bits per heavy atom. The zero-order valence-electron chi connectivity index (χ0n) is 35.2. The molecule has 0 amide bonds. The first-order chi connectivity index (χ1) is 25.5. The summed E-state index contributed by atoms with van der Waals surface area (Å²) in [6.45, 7) is 4.22. The van der Waals surface area contributed by atoms with E-state index in [4.69, 9.17) is 18.5 Å². The highest BCUT2D eigenvalue weighted by Crippen LogP contribution is 2.38. The molecule has 0 saturated heterocycles. The lowest BCUT2D eigenvalue weighted by Crippen LogP contribution is -2.37. The molecule has 0 rings (SSSR count). The van der Waals surface area contributed by atoms with Gasteiger partial charge in [0.2, 0.25) is 0 Å². The standard InChI is InChI=1S/C43H84NO8P/c1-6-8-10-12-14-16-18-20-21-22-24-26-28-30-32-34-36-43(46)52-41(40-51-53(47,48)50-38-37-44(3,4)5)39-49-42(45)35-33-31-29-27-25-23-19-17-15-13-11-9-7-2/h23,25,41H,6-22,24,26-40H2,1-5H3/b25-23+/t41-/m1/s1. The van der Waals surface area contributed by atoms with Crippen molar-refractivity contribution in [1.82, 2.24) is 0 Å². The molecule has 1 unspecified atom stereocenters. The van der Waals surface area contributed by atoms with E-state index in [0.29, 0.717) is 23.9 Å². The molecule has 0 N–H and O–H groups in total. The zero-order valence-corrected chi connectivity index (χ0v) is 36.1. The number of hydrogen-bond acceptors (Lipinski definition) is 8. The van der Waals surface area contributed by atoms with Gasteiger partial charge in [0.15, 0.2) is 6.10 Å². The number of hydrogen-bond donors (Lipinski definition) is 0. The number of unbranched alkanes of at least 4 members (excludes halogenated alkanes) is 24. The van der Waals surface area contributed by atoms with Crippen molar-refractivity contribution in [1.29, 1.82) is 0 Å². The quantitative estimate of drug-likeness (QED) is 0.0199. The van der Waals surface area contributed by atoms with Crippen LogP contribution in [0.2, 0.25) is 0 Å². The van der Waals surface area contributed by atoms with Gasteiger partial charge in [-0.05, 0) is 38.5 Å². The number of phosphoric ester groups is 1. The summed E-state index contributed by atoms with van der Waals surface area (Å²) in [7, 11) is 1.17. The minimum absolute atomic E-state index is 0.0299. The molecular weight excluding hydrogens is 689 g/mol. The second-order valence-electron chi connectivity index (χ2n) is 16.1. The van der Waals surface area contributed by atoms with Gasteiger partial charge in [0.05, 0.1) is 27.7 Å². The highest BCUT2D eigenvalue weighted by molar-refractivity contribution is 7.45. The predicted octanol–water partition coefficient (Wildman–Crippen LogP) is 11.6. The van der Waals surface area contributed by atoms with Crippen molar-refractivity contribution < 1.29 is 42.1 Å². The molecule has 9 nitrogen and oxygen atoms in total. The first-order valence-electron chi connectivity index (χ1n) is 21.9. The first-order valence-corrected chi connectivity index (χ1v) is 23.4. The smallest absolute Gasteiger partial charge is 0.306 e. The van der Waals surface area contributed by atoms with E-state index >= 15 is 0 Å². The van der Waals surface area contributed by atoms with Gasteiger partial charge in [-0.15, -0.1) is 0 Å². The summed E-state index contributed by atoms with van der Waals surface area (Å²) in [5, 5.41) is 0. The molecule has 10 heteroatoms. The number of phosphoric acid groups is 1. The minimum Gasteiger partial charge on any atom is -0.756 e. The van der Waals surface area contributed by atoms with Gasteiger partial charge >= 0.3 is 11.9 Å². The Hall–Kier alpha value is -1.25. The second-order valence-corrected chi connectivity index (χ2v) is 17.5. The Labute approximate surface area is 326 Å². The van der Waals surface area contributed by atoms with Crippen LogP contribution in [0.3, 0.4) is 0 Å². The Bertz CT molecular complexity index is 922. The molecule has 0 aromatic carbocycles. The zero-order chi connectivity index (χ0) is 39.3. The Morgan fingerprint density at radius 2 is 0.962 bits per heavy atom. The van der Waals surface area contributed by atoms with Gasteiger partial charge in [-0.25, -0.2) is 0 Å². The van der Waals surface area contributed by atoms with E-state index in [1.165, 1.54) is 122 Å². The van der Waals surface area contributed by atoms with Crippen LogP contribution in [0.1, 0.15) is 200 Å². The fraction of sp³-hybridized carbons (Fsp3) is 0.907. The number of nitrogens with zero attached hydrogens (tertiary/aromatic N) is 1. The molecule has 0 aromatic rings. The van der Waals surface area contributed by atoms with Gasteiger partial charge in [0.1, 0.15) is 19.8 Å². The summed E-state index contributed by atoms with van der Waals surface area (Å²) in [5.74, 6) is -0.844. The maximum Gasteiger partial charge on any atom is 0.306 e. The summed E-state index contributed by atoms with van der Waals surface area (Å²) >= 11 is 0. The molecule has 0 heterocycles. The van der Waals surface area contributed by atoms with Crippen LogP contribution in [-0.4, -0.2) is 70.0 Å². The first kappa shape index (κ1) is 51.8. The minimum atomic E-state index is -4.62. The summed E-state index contributed by atoms with van der Waals surface area (Å²) in [4.78, 5) is 37.5. The van der Waals surface area contributed by atoms with Crippen molar-refractivity contribution in [3.63, 3.8) is 0 Å². The molecule has 0 aromatic heterocycles. The number of carbonyl (C=O) groups excluding carboxylic acids is 2. The third-order valence-corrected chi connectivity index (χ3v) is 10.5. The molecule has 0 saturated carbocycles. The molecule has 314 valence electrons. The second kappa shape index (κ2) is 36.4. The number of likely N-dealkylation sites (N-methyl/N-ethyl adjacent to an activating group) is 1. The van der Waals surface area contributed by atoms with Crippen molar-refractivity contribution in [2.45, 2.75) is 206 Å². The van der Waals surface area contributed by atoms with E-state index in [1.54, 1.807) is 0 Å². The summed E-state index contributed by atoms with van der Waals surface area (Å²) in [6, 6.07) is 0. The molecule has 0 fully saturated rings. The van der Waals surface area contributed by atoms with E-state index in [9.17, 15) is 19.0 Å². The van der Waals surface area contributed by atoms with Gasteiger partial charge in [-0.2, -0.15) is 0 Å². The lowest BCUT2D eigenvalue weighted by atomic mass is 10.0. The molecule has 53 heavy (non-hydrogen) atoms. The van der Waals surface area contributed by atoms with Crippen molar-refractivity contribution >= 4 is 19.8 Å². The number of allylic oxidation sites excluding steroid dienone is 2. The van der Waals surface area contributed by atoms with Gasteiger partial charge in [0.25, 0.3) is 7.82 Å². The fourth-order valence-electron chi connectivity index (χ4n) is 6.06. The average molecular weight is 774 g/mol. The topological polar surface area (TPSA) is 111 Å². The third kappa shape index (κ3) is 40.2. The monoisotopic (exact) mass is 774 g/mol. The lowest BCUT2D eigenvalue weighted by Gasteiger charge is -2.28. The Balaban J connectivity index is 4.35. The molecule has 2 atom stereocenters. The molecule has 0 aliphatic heterocycles. The maximum absolute atomic E-state index is 12.7. The Morgan fingerprint density at radius 3 is 1.42 bits per heavy atom. The summed E-state index contributed by atoms with van der Waals surface area (Å²) < 4.78 is 33.9. The van der Waals surface area contributed by atoms with Crippen molar-refractivity contribution in [2.24, 2.45) is 0 Å². The number of quaternary nitrogens is 1. The van der Waals surface area contributed by atoms with Gasteiger partial charge in [0, 0.05) is 12.8 Å². The van der Waals surface area contributed by atoms with Crippen molar-refractivity contribution in [3.05, 3.63) is 12.2 Å². The molecule has 0 aliphatic carbocycles. The summed E-state index contributed by atoms with van der Waals surface area (Å²) in [5.41, 5.74) is 0. The third-order valence-electron chi connectivity index (χ3n) is 9.54. The van der Waals surface area contributed by atoms with Crippen LogP contribution in [0.15, 0.2) is 12.2 Å². The molecular formula is C43H84NO8P. The average Bonchev–Trinajstić information content (AvgIpc) is 3.10. The number of esters is 2. The van der Waals surface area contributed by atoms with Crippen LogP contribution in [-0.2, 0) is 32.7 Å². The van der Waals surface area contributed by atoms with Crippen LogP contribution < -0.4 is 4.89 Å². The lowest BCUT2D eigenvalue weighted by molar-refractivity contribution is -0.870. The predicted molar refractivity (Wildman–Crippen MR) is 218 cm³/mol. The normalized spacial score (nSPS) is 13.7. The van der Waals surface area contributed by atoms with E-state index in [1.807, 2.05) is 21.1 Å². The van der Waals surface area contributed by atoms with E-state index in [2.05, 4.69) is 26.0 Å². The molecule has 0 aliphatic rings. The van der Waals surface area contributed by atoms with Crippen molar-refractivity contribution in [2.75, 3.05) is 47.5 Å². The highest BCUT2D eigenvalue weighted by atomic mass is 31.2. The van der Waals surface area contributed by atoms with E-state index < -0.39 is 32.5 Å². The number of ether oxygens (including phenoxy) is 2. The van der Waals surface area contributed by atoms with E-state index in [0.717, 1.165) is 38.5 Å². The number of carbonyl (C=O) groups is 2. The maximum atomic E-state index is 12.7. The van der Waals surface area contributed by atoms with Crippen LogP contribution in [0.25, 0.3) is 0 Å².